The molecule has 1 aliphatic rings. The molecule has 1 aliphatic heterocycles. The second-order valence-corrected chi connectivity index (χ2v) is 6.69. The summed E-state index contributed by atoms with van der Waals surface area (Å²) in [7, 11) is 0. The van der Waals surface area contributed by atoms with Crippen LogP contribution in [-0.4, -0.2) is 21.7 Å². The van der Waals surface area contributed by atoms with Crippen LogP contribution in [0.15, 0.2) is 42.5 Å². The summed E-state index contributed by atoms with van der Waals surface area (Å²) in [5.74, 6) is -4.44. The fourth-order valence-electron chi connectivity index (χ4n) is 3.37. The van der Waals surface area contributed by atoms with Crippen LogP contribution < -0.4 is 4.90 Å². The normalized spacial score (nSPS) is 15.4. The van der Waals surface area contributed by atoms with E-state index in [-0.39, 0.29) is 24.2 Å². The Kier molecular flexibility index (Phi) is 4.19. The predicted molar refractivity (Wildman–Crippen MR) is 97.0 cm³/mol. The summed E-state index contributed by atoms with van der Waals surface area (Å²) in [5, 5.41) is 0.489. The lowest BCUT2D eigenvalue weighted by Gasteiger charge is -2.18. The number of aldehydes is 1. The molecule has 2 heterocycles. The van der Waals surface area contributed by atoms with E-state index < -0.39 is 11.8 Å². The molecule has 0 saturated heterocycles. The molecule has 0 unspecified atom stereocenters. The van der Waals surface area contributed by atoms with E-state index in [4.69, 9.17) is 11.6 Å². The van der Waals surface area contributed by atoms with Crippen LogP contribution in [-0.2, 0) is 28.6 Å². The Labute approximate surface area is 158 Å². The average molecular weight is 390 g/mol. The Morgan fingerprint density at radius 3 is 2.74 bits per heavy atom. The number of fused-ring (bicyclic) bond motifs is 2. The number of aryl methyl sites for hydroxylation is 1. The highest BCUT2D eigenvalue weighted by atomic mass is 35.5. The van der Waals surface area contributed by atoms with Gasteiger partial charge in [-0.1, -0.05) is 29.8 Å². The molecule has 1 aromatic heterocycles. The molecule has 0 atom stereocenters. The lowest BCUT2D eigenvalue weighted by Crippen LogP contribution is -2.35. The van der Waals surface area contributed by atoms with Gasteiger partial charge >= 0.3 is 11.8 Å². The third-order valence-electron chi connectivity index (χ3n) is 4.61. The van der Waals surface area contributed by atoms with E-state index in [2.05, 4.69) is 4.98 Å². The van der Waals surface area contributed by atoms with Crippen LogP contribution in [0.3, 0.4) is 0 Å². The number of carbonyl (C=O) groups is 2. The maximum Gasteiger partial charge on any atom is 0.352 e. The number of benzene rings is 2. The van der Waals surface area contributed by atoms with Gasteiger partial charge in [0.25, 0.3) is 0 Å². The molecule has 0 spiro atoms. The molecule has 0 radical (unpaired) electrons. The van der Waals surface area contributed by atoms with E-state index in [0.29, 0.717) is 22.9 Å². The van der Waals surface area contributed by atoms with Gasteiger partial charge in [0.2, 0.25) is 0 Å². The van der Waals surface area contributed by atoms with Crippen molar-refractivity contribution in [3.05, 3.63) is 58.9 Å². The number of nitrogens with zero attached hydrogens (tertiary/aromatic N) is 3. The third-order valence-corrected chi connectivity index (χ3v) is 4.84. The van der Waals surface area contributed by atoms with Gasteiger partial charge in [-0.2, -0.15) is 8.78 Å². The summed E-state index contributed by atoms with van der Waals surface area (Å²) in [4.78, 5) is 28.7. The summed E-state index contributed by atoms with van der Waals surface area (Å²) >= 11 is 6.01. The minimum absolute atomic E-state index is 0.128. The van der Waals surface area contributed by atoms with Crippen LogP contribution in [0.25, 0.3) is 11.0 Å². The topological polar surface area (TPSA) is 55.2 Å². The zero-order valence-corrected chi connectivity index (χ0v) is 14.8. The average Bonchev–Trinajstić information content (AvgIpc) is 3.08. The molecule has 138 valence electrons. The fourth-order valence-corrected chi connectivity index (χ4v) is 3.54. The van der Waals surface area contributed by atoms with Gasteiger partial charge in [0.05, 0.1) is 28.8 Å². The molecular formula is C19H14ClF2N3O2. The maximum absolute atomic E-state index is 14.4. The van der Waals surface area contributed by atoms with Gasteiger partial charge in [-0.3, -0.25) is 9.69 Å². The number of imidazole rings is 1. The van der Waals surface area contributed by atoms with E-state index in [9.17, 15) is 18.4 Å². The van der Waals surface area contributed by atoms with Crippen molar-refractivity contribution < 1.29 is 18.4 Å². The first-order chi connectivity index (χ1) is 12.9. The number of halogens is 3. The molecule has 4 rings (SSSR count). The second-order valence-electron chi connectivity index (χ2n) is 6.25. The molecule has 1 amide bonds. The number of rotatable bonds is 5. The summed E-state index contributed by atoms with van der Waals surface area (Å²) in [6.07, 6.45) is 1.01. The number of hydrogen-bond acceptors (Lipinski definition) is 3. The van der Waals surface area contributed by atoms with Crippen molar-refractivity contribution in [1.29, 1.82) is 0 Å². The van der Waals surface area contributed by atoms with Crippen LogP contribution in [0.1, 0.15) is 17.8 Å². The summed E-state index contributed by atoms with van der Waals surface area (Å²) in [5.41, 5.74) is 1.16. The number of carbonyl (C=O) groups excluding carboxylic acids is 2. The van der Waals surface area contributed by atoms with Crippen molar-refractivity contribution in [2.75, 3.05) is 4.90 Å². The molecule has 27 heavy (non-hydrogen) atoms. The van der Waals surface area contributed by atoms with E-state index in [1.54, 1.807) is 28.8 Å². The lowest BCUT2D eigenvalue weighted by atomic mass is 10.1. The van der Waals surface area contributed by atoms with Gasteiger partial charge in [-0.15, -0.1) is 0 Å². The van der Waals surface area contributed by atoms with Crippen molar-refractivity contribution in [3.8, 4) is 0 Å². The summed E-state index contributed by atoms with van der Waals surface area (Å²) in [6.45, 7) is 0.202. The first-order valence-electron chi connectivity index (χ1n) is 8.31. The van der Waals surface area contributed by atoms with E-state index >= 15 is 0 Å². The predicted octanol–water partition coefficient (Wildman–Crippen LogP) is 3.92. The highest BCUT2D eigenvalue weighted by Gasteiger charge is 2.52. The summed E-state index contributed by atoms with van der Waals surface area (Å²) < 4.78 is 30.5. The van der Waals surface area contributed by atoms with Crippen molar-refractivity contribution in [2.24, 2.45) is 0 Å². The number of alkyl halides is 2. The highest BCUT2D eigenvalue weighted by Crippen LogP contribution is 2.44. The lowest BCUT2D eigenvalue weighted by molar-refractivity contribution is -0.141. The number of para-hydroxylation sites is 1. The molecule has 0 bridgehead atoms. The summed E-state index contributed by atoms with van der Waals surface area (Å²) in [6, 6.07) is 10.9. The van der Waals surface area contributed by atoms with Crippen LogP contribution in [0, 0.1) is 0 Å². The molecule has 5 nitrogen and oxygen atoms in total. The van der Waals surface area contributed by atoms with Crippen molar-refractivity contribution in [1.82, 2.24) is 9.55 Å². The molecule has 0 aliphatic carbocycles. The first-order valence-corrected chi connectivity index (χ1v) is 8.69. The zero-order chi connectivity index (χ0) is 19.2. The quantitative estimate of drug-likeness (QED) is 0.621. The highest BCUT2D eigenvalue weighted by molar-refractivity contribution is 6.31. The number of aromatic nitrogens is 2. The second kappa shape index (κ2) is 6.42. The SMILES string of the molecule is O=CCCn1c(CN2C(=O)C(F)(F)c3ccccc32)nc2cc(Cl)ccc21. The third kappa shape index (κ3) is 2.78. The minimum Gasteiger partial charge on any atom is -0.326 e. The van der Waals surface area contributed by atoms with Gasteiger partial charge < -0.3 is 9.36 Å². The number of hydrogen-bond donors (Lipinski definition) is 0. The van der Waals surface area contributed by atoms with E-state index in [1.807, 2.05) is 0 Å². The Bertz CT molecular complexity index is 1060. The number of anilines is 1. The zero-order valence-electron chi connectivity index (χ0n) is 14.0. The van der Waals surface area contributed by atoms with Gasteiger partial charge in [0, 0.05) is 18.0 Å². The molecule has 8 heteroatoms. The van der Waals surface area contributed by atoms with Gasteiger partial charge in [-0.25, -0.2) is 4.98 Å². The standard InChI is InChI=1S/C19H14ClF2N3O2/c20-12-6-7-16-14(10-12)23-17(24(16)8-3-9-26)11-25-15-5-2-1-4-13(15)19(21,22)18(25)27/h1-2,4-7,9-10H,3,8,11H2. The van der Waals surface area contributed by atoms with Gasteiger partial charge in [0.1, 0.15) is 12.1 Å². The van der Waals surface area contributed by atoms with E-state index in [0.717, 1.165) is 16.7 Å². The molecule has 0 saturated carbocycles. The Morgan fingerprint density at radius 2 is 1.96 bits per heavy atom. The molecule has 0 fully saturated rings. The van der Waals surface area contributed by atoms with Crippen LogP contribution in [0.5, 0.6) is 0 Å². The van der Waals surface area contributed by atoms with Gasteiger partial charge in [-0.05, 0) is 24.3 Å². The first kappa shape index (κ1) is 17.6. The Hall–Kier alpha value is -2.80. The van der Waals surface area contributed by atoms with Crippen LogP contribution in [0.4, 0.5) is 14.5 Å². The Balaban J connectivity index is 1.79. The van der Waals surface area contributed by atoms with Crippen molar-refractivity contribution >= 4 is 40.5 Å². The maximum atomic E-state index is 14.4. The fraction of sp³-hybridized carbons (Fsp3) is 0.211. The van der Waals surface area contributed by atoms with Gasteiger partial charge in [0.15, 0.2) is 0 Å². The molecular weight excluding hydrogens is 376 g/mol. The Morgan fingerprint density at radius 1 is 1.19 bits per heavy atom. The minimum atomic E-state index is -3.57. The van der Waals surface area contributed by atoms with Crippen molar-refractivity contribution in [3.63, 3.8) is 0 Å². The van der Waals surface area contributed by atoms with E-state index in [1.165, 1.54) is 18.2 Å². The molecule has 2 aromatic carbocycles. The van der Waals surface area contributed by atoms with Crippen LogP contribution in [0.2, 0.25) is 5.02 Å². The largest absolute Gasteiger partial charge is 0.352 e. The smallest absolute Gasteiger partial charge is 0.326 e. The molecule has 3 aromatic rings. The monoisotopic (exact) mass is 389 g/mol. The molecule has 0 N–H and O–H groups in total. The van der Waals surface area contributed by atoms with Crippen molar-refractivity contribution in [2.45, 2.75) is 25.4 Å². The number of amides is 1. The van der Waals surface area contributed by atoms with Crippen LogP contribution >= 0.6 is 11.6 Å².